The second kappa shape index (κ2) is 24.4. The van der Waals surface area contributed by atoms with Gasteiger partial charge in [0.15, 0.2) is 17.1 Å². The Balaban J connectivity index is 0.000000137. The van der Waals surface area contributed by atoms with Crippen LogP contribution in [0.4, 0.5) is 36.6 Å². The highest BCUT2D eigenvalue weighted by Crippen LogP contribution is 2.37. The van der Waals surface area contributed by atoms with E-state index in [1.807, 2.05) is 39.7 Å². The number of methoxy groups -OCH3 is 1. The van der Waals surface area contributed by atoms with Crippen LogP contribution < -0.4 is 20.6 Å². The summed E-state index contributed by atoms with van der Waals surface area (Å²) in [6.07, 6.45) is 0.749. The minimum atomic E-state index is -4.89. The van der Waals surface area contributed by atoms with E-state index < -0.39 is 35.2 Å². The number of halogens is 7. The highest BCUT2D eigenvalue weighted by atomic mass is 19.4. The molecule has 0 amide bonds. The summed E-state index contributed by atoms with van der Waals surface area (Å²) in [5.41, 5.74) is 1.75. The monoisotopic (exact) mass is 1130 g/mol. The SMILES string of the molecule is COc1ccccc1Cc1nc2c(cnn2C2CCOCC2)c(=O)[nH]1.O=C1CC(Cc2ccccc2C(F)(F)F)=Nc2c1ccn2C1CCOCC1.O=c1[nH]c(Cc2cc(OC(F)(F)F)ccc2F)nc2c1cnn2C1CCOCC1. The first-order valence-corrected chi connectivity index (χ1v) is 26.3. The van der Waals surface area contributed by atoms with E-state index in [2.05, 4.69) is 34.9 Å². The van der Waals surface area contributed by atoms with Crippen molar-refractivity contribution in [1.29, 1.82) is 0 Å². The Bertz CT molecular complexity index is 3680. The lowest BCUT2D eigenvalue weighted by Gasteiger charge is -2.26. The average Bonchev–Trinajstić information content (AvgIpc) is 4.35. The first kappa shape index (κ1) is 56.3. The zero-order valence-electron chi connectivity index (χ0n) is 43.7. The maximum absolute atomic E-state index is 14.1. The number of nitrogens with zero attached hydrogens (tertiary/aromatic N) is 8. The third kappa shape index (κ3) is 13.3. The van der Waals surface area contributed by atoms with E-state index in [0.29, 0.717) is 98.5 Å². The van der Waals surface area contributed by atoms with Crippen LogP contribution in [0.15, 0.2) is 106 Å². The molecule has 0 unspecified atom stereocenters. The predicted molar refractivity (Wildman–Crippen MR) is 281 cm³/mol. The largest absolute Gasteiger partial charge is 0.573 e. The topological polar surface area (TPSA) is 208 Å². The molecule has 8 aromatic rings. The van der Waals surface area contributed by atoms with Gasteiger partial charge < -0.3 is 38.2 Å². The molecular weight excluding hydrogens is 1070 g/mol. The first-order chi connectivity index (χ1) is 39.0. The lowest BCUT2D eigenvalue weighted by Crippen LogP contribution is -2.21. The van der Waals surface area contributed by atoms with Crippen molar-refractivity contribution in [2.75, 3.05) is 46.8 Å². The van der Waals surface area contributed by atoms with E-state index in [4.69, 9.17) is 23.9 Å². The zero-order valence-corrected chi connectivity index (χ0v) is 43.7. The van der Waals surface area contributed by atoms with Crippen molar-refractivity contribution in [3.8, 4) is 11.5 Å². The Hall–Kier alpha value is -8.03. The Morgan fingerprint density at radius 3 is 1.73 bits per heavy atom. The summed E-state index contributed by atoms with van der Waals surface area (Å²) in [5.74, 6) is 0.686. The van der Waals surface area contributed by atoms with Crippen LogP contribution in [-0.2, 0) is 39.6 Å². The first-order valence-electron chi connectivity index (χ1n) is 26.3. The number of fused-ring (bicyclic) bond motifs is 3. The minimum Gasteiger partial charge on any atom is -0.496 e. The number of ketones is 1. The van der Waals surface area contributed by atoms with Gasteiger partial charge in [0.2, 0.25) is 0 Å². The van der Waals surface area contributed by atoms with Gasteiger partial charge >= 0.3 is 12.5 Å². The molecule has 25 heteroatoms. The molecule has 18 nitrogen and oxygen atoms in total. The second-order valence-electron chi connectivity index (χ2n) is 19.7. The van der Waals surface area contributed by atoms with Gasteiger partial charge in [0.1, 0.15) is 45.6 Å². The van der Waals surface area contributed by atoms with Crippen molar-refractivity contribution in [1.82, 2.24) is 44.1 Å². The molecule has 0 aliphatic carbocycles. The van der Waals surface area contributed by atoms with Crippen LogP contribution >= 0.6 is 0 Å². The van der Waals surface area contributed by atoms with Gasteiger partial charge in [-0.3, -0.25) is 14.4 Å². The number of alkyl halides is 6. The smallest absolute Gasteiger partial charge is 0.496 e. The summed E-state index contributed by atoms with van der Waals surface area (Å²) in [5, 5.41) is 9.49. The maximum atomic E-state index is 14.1. The van der Waals surface area contributed by atoms with Gasteiger partial charge in [0.25, 0.3) is 11.1 Å². The zero-order chi connectivity index (χ0) is 56.8. The number of ether oxygens (including phenoxy) is 5. The van der Waals surface area contributed by atoms with E-state index in [9.17, 15) is 45.1 Å². The Morgan fingerprint density at radius 2 is 1.17 bits per heavy atom. The molecule has 3 aromatic carbocycles. The third-order valence-corrected chi connectivity index (χ3v) is 14.4. The highest BCUT2D eigenvalue weighted by Gasteiger charge is 2.35. The fourth-order valence-electron chi connectivity index (χ4n) is 10.4. The number of carbonyl (C=O) groups is 1. The van der Waals surface area contributed by atoms with Crippen molar-refractivity contribution in [3.05, 3.63) is 157 Å². The van der Waals surface area contributed by atoms with Crippen molar-refractivity contribution in [2.45, 2.75) is 94.9 Å². The molecule has 4 aliphatic heterocycles. The van der Waals surface area contributed by atoms with Crippen molar-refractivity contribution in [2.24, 2.45) is 4.99 Å². The van der Waals surface area contributed by atoms with E-state index >= 15 is 0 Å². The molecule has 81 heavy (non-hydrogen) atoms. The summed E-state index contributed by atoms with van der Waals surface area (Å²) in [4.78, 5) is 56.4. The number of carbonyl (C=O) groups excluding carboxylic acids is 1. The number of hydrogen-bond donors (Lipinski definition) is 2. The van der Waals surface area contributed by atoms with Gasteiger partial charge in [-0.1, -0.05) is 36.4 Å². The lowest BCUT2D eigenvalue weighted by atomic mass is 9.96. The number of Topliss-reactive ketones (excluding diaryl/α,β-unsaturated/α-hetero) is 1. The quantitative estimate of drug-likeness (QED) is 0.116. The molecule has 3 saturated heterocycles. The molecule has 12 rings (SSSR count). The number of hydrogen-bond acceptors (Lipinski definition) is 13. The minimum absolute atomic E-state index is 0.0137. The molecule has 3 fully saturated rings. The molecule has 426 valence electrons. The van der Waals surface area contributed by atoms with Gasteiger partial charge in [-0.15, -0.1) is 13.2 Å². The summed E-state index contributed by atoms with van der Waals surface area (Å²) >= 11 is 0. The number of benzene rings is 3. The van der Waals surface area contributed by atoms with Gasteiger partial charge in [-0.05, 0) is 86.1 Å². The van der Waals surface area contributed by atoms with Crippen molar-refractivity contribution >= 4 is 39.4 Å². The number of para-hydroxylation sites is 1. The van der Waals surface area contributed by atoms with Crippen molar-refractivity contribution < 1.29 is 59.2 Å². The molecule has 0 spiro atoms. The van der Waals surface area contributed by atoms with Gasteiger partial charge in [-0.25, -0.2) is 28.7 Å². The van der Waals surface area contributed by atoms with Crippen LogP contribution in [0.25, 0.3) is 22.1 Å². The third-order valence-electron chi connectivity index (χ3n) is 14.4. The van der Waals surface area contributed by atoms with E-state index in [1.54, 1.807) is 30.1 Å². The molecule has 5 aromatic heterocycles. The summed E-state index contributed by atoms with van der Waals surface area (Å²) in [7, 11) is 1.64. The second-order valence-corrected chi connectivity index (χ2v) is 19.7. The van der Waals surface area contributed by atoms with Crippen molar-refractivity contribution in [3.63, 3.8) is 0 Å². The van der Waals surface area contributed by atoms with E-state index in [0.717, 1.165) is 61.3 Å². The molecule has 9 heterocycles. The lowest BCUT2D eigenvalue weighted by molar-refractivity contribution is -0.274. The summed E-state index contributed by atoms with van der Waals surface area (Å²) < 4.78 is 122. The normalized spacial score (nSPS) is 16.5. The molecular formula is C56H55F7N10O8. The Morgan fingerprint density at radius 1 is 0.642 bits per heavy atom. The van der Waals surface area contributed by atoms with Crippen LogP contribution in [0.3, 0.4) is 0 Å². The molecule has 4 aliphatic rings. The van der Waals surface area contributed by atoms with Gasteiger partial charge in [0.05, 0.1) is 49.1 Å². The Kier molecular flexibility index (Phi) is 16.9. The van der Waals surface area contributed by atoms with E-state index in [1.165, 1.54) is 18.3 Å². The fraction of sp³-hybridized carbons (Fsp3) is 0.393. The van der Waals surface area contributed by atoms with Crippen LogP contribution in [0.1, 0.15) is 107 Å². The summed E-state index contributed by atoms with van der Waals surface area (Å²) in [6.45, 7) is 3.87. The van der Waals surface area contributed by atoms with Crippen LogP contribution in [0.5, 0.6) is 11.5 Å². The highest BCUT2D eigenvalue weighted by molar-refractivity contribution is 6.16. The summed E-state index contributed by atoms with van der Waals surface area (Å²) in [6, 6.07) is 18.1. The molecule has 0 radical (unpaired) electrons. The number of aromatic amines is 2. The average molecular weight is 1130 g/mol. The number of aromatic nitrogens is 9. The number of H-pyrrole nitrogens is 2. The van der Waals surface area contributed by atoms with Crippen LogP contribution in [0, 0.1) is 5.82 Å². The fourth-order valence-corrected chi connectivity index (χ4v) is 10.4. The molecule has 0 saturated carbocycles. The number of rotatable bonds is 11. The number of aliphatic imine (C=N–C) groups is 1. The van der Waals surface area contributed by atoms with E-state index in [-0.39, 0.29) is 71.1 Å². The van der Waals surface area contributed by atoms with Gasteiger partial charge in [-0.2, -0.15) is 23.4 Å². The molecule has 0 bridgehead atoms. The number of nitrogens with one attached hydrogen (secondary N) is 2. The standard InChI is InChI=1S/C20H19F3N2O2.C18H16F4N4O3.C18H20N4O3/c21-20(22,23)17-4-2-1-3-13(17)11-14-12-18(26)16-5-8-25(19(16)24-14)15-6-9-27-10-7-15;19-14-2-1-12(29-18(20,21)22)7-10(14)8-15-24-16-13(17(27)25-15)9-23-26(16)11-3-5-28-6-4-11;1-24-15-5-3-2-4-12(15)10-16-20-17-14(18(23)21-16)11-19-22(17)13-6-8-25-9-7-13/h1-5,8,15H,6-7,9-12H2;1-2,7,9,11H,3-6,8H2,(H,24,25,27);2-5,11,13H,6-10H2,1H3,(H,20,21,23). The maximum Gasteiger partial charge on any atom is 0.573 e. The molecule has 2 N–H and O–H groups in total. The van der Waals surface area contributed by atoms with Gasteiger partial charge in [0, 0.05) is 82.4 Å². The van der Waals surface area contributed by atoms with Crippen LogP contribution in [0.2, 0.25) is 0 Å². The molecule has 0 atom stereocenters. The Labute approximate surface area is 456 Å². The predicted octanol–water partition coefficient (Wildman–Crippen LogP) is 9.93. The van der Waals surface area contributed by atoms with Crippen LogP contribution in [-0.4, -0.2) is 109 Å².